The van der Waals surface area contributed by atoms with Crippen LogP contribution in [0.5, 0.6) is 11.5 Å². The Bertz CT molecular complexity index is 3140. The average molecular weight is 1110 g/mol. The van der Waals surface area contributed by atoms with Gasteiger partial charge in [0.1, 0.15) is 35.7 Å². The van der Waals surface area contributed by atoms with Crippen molar-refractivity contribution < 1.29 is 38.3 Å². The summed E-state index contributed by atoms with van der Waals surface area (Å²) < 4.78 is 6.23. The van der Waals surface area contributed by atoms with Crippen LogP contribution in [0.4, 0.5) is 0 Å². The van der Waals surface area contributed by atoms with Gasteiger partial charge in [0.15, 0.2) is 0 Å². The molecule has 7 amide bonds. The number of nitrogens with one attached hydrogen (secondary N) is 7. The number of aryl methyl sites for hydroxylation is 2. The number of carbonyl (C=O) groups is 7. The third kappa shape index (κ3) is 13.7. The standard InChI is InChI=1S/C65H79N9O8/c1-39(66-6)58(75)71-54(63(80)73-37-46-19-9-8-18-45(46)35-55(73)61(78)69-52-24-14-20-42-16-10-12-22-50(42)52)34-41-26-30-48(31-27-41)82-49-32-28-44(29-33-49)60(77)68-47-36-56(62(79)70-53-25-15-21-43-17-11-13-23-51(43)53)74(38-47)64(81)57(65(3,4)5)72-59(76)40(2)67-7/h8-13,16-19,22-23,26-33,39-40,47,52-57,66-67H,14-15,20-21,24-25,34-38H2,1-7H3,(H,68,77)(H,69,78)(H,70,79)(H,71,75)(H,72,76)/t39-,40-,47-,52+,53+,54-,55-,56-,57+/m0/s1. The summed E-state index contributed by atoms with van der Waals surface area (Å²) in [4.78, 5) is 102. The monoisotopic (exact) mass is 1110 g/mol. The number of hydrogen-bond donors (Lipinski definition) is 7. The van der Waals surface area contributed by atoms with Gasteiger partial charge in [-0.2, -0.15) is 0 Å². The van der Waals surface area contributed by atoms with Crippen molar-refractivity contribution in [2.24, 2.45) is 5.41 Å². The van der Waals surface area contributed by atoms with Gasteiger partial charge < -0.3 is 51.8 Å². The number of benzene rings is 5. The summed E-state index contributed by atoms with van der Waals surface area (Å²) in [6, 6.07) is 32.2. The summed E-state index contributed by atoms with van der Waals surface area (Å²) in [5.74, 6) is -1.45. The van der Waals surface area contributed by atoms with Crippen molar-refractivity contribution in [1.29, 1.82) is 0 Å². The molecule has 0 spiro atoms. The lowest BCUT2D eigenvalue weighted by Gasteiger charge is -2.39. The molecule has 0 saturated carbocycles. The van der Waals surface area contributed by atoms with E-state index in [0.29, 0.717) is 23.5 Å². The predicted octanol–water partition coefficient (Wildman–Crippen LogP) is 6.29. The zero-order valence-corrected chi connectivity index (χ0v) is 48.2. The van der Waals surface area contributed by atoms with Crippen LogP contribution in [-0.2, 0) is 61.0 Å². The van der Waals surface area contributed by atoms with Crippen LogP contribution in [0.15, 0.2) is 121 Å². The fourth-order valence-corrected chi connectivity index (χ4v) is 11.8. The van der Waals surface area contributed by atoms with Crippen molar-refractivity contribution in [2.45, 2.75) is 153 Å². The smallest absolute Gasteiger partial charge is 0.251 e. The number of amides is 7. The highest BCUT2D eigenvalue weighted by Gasteiger charge is 2.46. The Balaban J connectivity index is 0.867. The molecule has 17 heteroatoms. The highest BCUT2D eigenvalue weighted by molar-refractivity contribution is 5.97. The van der Waals surface area contributed by atoms with Gasteiger partial charge in [0.25, 0.3) is 5.91 Å². The van der Waals surface area contributed by atoms with Gasteiger partial charge in [-0.3, -0.25) is 33.6 Å². The molecule has 2 aliphatic heterocycles. The van der Waals surface area contributed by atoms with E-state index >= 15 is 0 Å². The van der Waals surface area contributed by atoms with Gasteiger partial charge in [-0.15, -0.1) is 0 Å². The number of likely N-dealkylation sites (N-methyl/N-ethyl adjacent to an activating group) is 2. The first-order valence-corrected chi connectivity index (χ1v) is 29.0. The number of fused-ring (bicyclic) bond motifs is 3. The molecule has 17 nitrogen and oxygen atoms in total. The van der Waals surface area contributed by atoms with Crippen molar-refractivity contribution in [3.63, 3.8) is 0 Å². The number of ether oxygens (including phenoxy) is 1. The first-order valence-electron chi connectivity index (χ1n) is 29.0. The summed E-state index contributed by atoms with van der Waals surface area (Å²) >= 11 is 0. The molecule has 1 saturated heterocycles. The topological polar surface area (TPSA) is 219 Å². The summed E-state index contributed by atoms with van der Waals surface area (Å²) in [7, 11) is 3.35. The normalized spacial score (nSPS) is 20.7. The fraction of sp³-hybridized carbons (Fsp3) is 0.431. The minimum Gasteiger partial charge on any atom is -0.457 e. The first-order chi connectivity index (χ1) is 39.4. The highest BCUT2D eigenvalue weighted by atomic mass is 16.5. The molecule has 5 aromatic rings. The second kappa shape index (κ2) is 25.9. The van der Waals surface area contributed by atoms with E-state index in [4.69, 9.17) is 4.74 Å². The number of hydrogen-bond acceptors (Lipinski definition) is 10. The molecule has 9 rings (SSSR count). The first kappa shape index (κ1) is 58.8. The SMILES string of the molecule is CN[C@@H](C)C(=O)N[C@@H](Cc1ccc(Oc2ccc(C(=O)N[C@H]3C[C@@H](C(=O)N[C@@H]4CCCc5ccccc54)N(C(=O)[C@@H](NC(=O)[C@H](C)NC)C(C)(C)C)C3)cc2)cc1)C(=O)N1Cc2ccccc2C[C@H]1C(=O)N[C@@H]1CCCc2ccccc21. The number of carbonyl (C=O) groups excluding carboxylic acids is 7. The van der Waals surface area contributed by atoms with E-state index in [0.717, 1.165) is 66.3 Å². The second-order valence-electron chi connectivity index (χ2n) is 23.5. The summed E-state index contributed by atoms with van der Waals surface area (Å²) in [5.41, 5.74) is 6.91. The summed E-state index contributed by atoms with van der Waals surface area (Å²) in [6.07, 6.45) is 5.94. The Morgan fingerprint density at radius 2 is 1.10 bits per heavy atom. The van der Waals surface area contributed by atoms with E-state index in [1.165, 1.54) is 16.0 Å². The van der Waals surface area contributed by atoms with Crippen LogP contribution in [0.2, 0.25) is 0 Å². The van der Waals surface area contributed by atoms with E-state index < -0.39 is 59.5 Å². The van der Waals surface area contributed by atoms with Crippen molar-refractivity contribution in [3.8, 4) is 11.5 Å². The van der Waals surface area contributed by atoms with Crippen molar-refractivity contribution in [2.75, 3.05) is 20.6 Å². The lowest BCUT2D eigenvalue weighted by molar-refractivity contribution is -0.145. The molecule has 0 radical (unpaired) electrons. The molecule has 9 atom stereocenters. The molecule has 7 N–H and O–H groups in total. The van der Waals surface area contributed by atoms with Gasteiger partial charge in [-0.25, -0.2) is 0 Å². The van der Waals surface area contributed by atoms with E-state index in [2.05, 4.69) is 55.4 Å². The van der Waals surface area contributed by atoms with Crippen LogP contribution >= 0.6 is 0 Å². The Labute approximate surface area is 481 Å². The molecular weight excluding hydrogens is 1030 g/mol. The van der Waals surface area contributed by atoms with E-state index in [1.807, 2.05) is 87.5 Å². The maximum absolute atomic E-state index is 15.0. The number of nitrogens with zero attached hydrogens (tertiary/aromatic N) is 2. The Morgan fingerprint density at radius 1 is 0.585 bits per heavy atom. The lowest BCUT2D eigenvalue weighted by Crippen LogP contribution is -2.59. The molecule has 0 aromatic heterocycles. The van der Waals surface area contributed by atoms with Crippen molar-refractivity contribution in [1.82, 2.24) is 47.0 Å². The Morgan fingerprint density at radius 3 is 1.66 bits per heavy atom. The zero-order chi connectivity index (χ0) is 58.2. The van der Waals surface area contributed by atoms with Gasteiger partial charge in [0.05, 0.1) is 24.2 Å². The Kier molecular flexibility index (Phi) is 18.6. The number of rotatable bonds is 18. The molecule has 5 aromatic carbocycles. The molecule has 432 valence electrons. The van der Waals surface area contributed by atoms with Crippen LogP contribution in [0.1, 0.15) is 128 Å². The quantitative estimate of drug-likeness (QED) is 0.0520. The van der Waals surface area contributed by atoms with Crippen molar-refractivity contribution >= 4 is 41.4 Å². The molecule has 1 fully saturated rings. The third-order valence-corrected chi connectivity index (χ3v) is 16.8. The highest BCUT2D eigenvalue weighted by Crippen LogP contribution is 2.34. The molecule has 2 heterocycles. The van der Waals surface area contributed by atoms with Crippen LogP contribution < -0.4 is 42.0 Å². The van der Waals surface area contributed by atoms with Gasteiger partial charge in [-0.1, -0.05) is 106 Å². The fourth-order valence-electron chi connectivity index (χ4n) is 11.8. The van der Waals surface area contributed by atoms with Crippen LogP contribution in [0.3, 0.4) is 0 Å². The molecular formula is C65H79N9O8. The molecule has 0 bridgehead atoms. The van der Waals surface area contributed by atoms with Gasteiger partial charge in [-0.05, 0) is 154 Å². The molecule has 82 heavy (non-hydrogen) atoms. The van der Waals surface area contributed by atoms with Crippen LogP contribution in [0, 0.1) is 5.41 Å². The molecule has 4 aliphatic rings. The molecule has 2 aliphatic carbocycles. The zero-order valence-electron chi connectivity index (χ0n) is 48.2. The second-order valence-corrected chi connectivity index (χ2v) is 23.5. The lowest BCUT2D eigenvalue weighted by atomic mass is 9.85. The van der Waals surface area contributed by atoms with E-state index in [-0.39, 0.29) is 67.6 Å². The largest absolute Gasteiger partial charge is 0.457 e. The van der Waals surface area contributed by atoms with Crippen molar-refractivity contribution in [3.05, 3.63) is 166 Å². The van der Waals surface area contributed by atoms with Crippen LogP contribution in [-0.4, -0.2) is 114 Å². The van der Waals surface area contributed by atoms with E-state index in [9.17, 15) is 33.6 Å². The third-order valence-electron chi connectivity index (χ3n) is 16.8. The number of likely N-dealkylation sites (tertiary alicyclic amines) is 1. The van der Waals surface area contributed by atoms with E-state index in [1.54, 1.807) is 69.2 Å². The predicted molar refractivity (Wildman–Crippen MR) is 313 cm³/mol. The van der Waals surface area contributed by atoms with Crippen LogP contribution in [0.25, 0.3) is 0 Å². The molecule has 0 unspecified atom stereocenters. The average Bonchev–Trinajstić information content (AvgIpc) is 4.11. The minimum atomic E-state index is -0.999. The Hall–Kier alpha value is -7.89. The maximum atomic E-state index is 15.0. The summed E-state index contributed by atoms with van der Waals surface area (Å²) in [5, 5.41) is 21.4. The van der Waals surface area contributed by atoms with Gasteiger partial charge >= 0.3 is 0 Å². The maximum Gasteiger partial charge on any atom is 0.251 e. The van der Waals surface area contributed by atoms with Gasteiger partial charge in [0, 0.05) is 37.5 Å². The van der Waals surface area contributed by atoms with Gasteiger partial charge in [0.2, 0.25) is 35.4 Å². The minimum absolute atomic E-state index is 0.0577. The summed E-state index contributed by atoms with van der Waals surface area (Å²) in [6.45, 7) is 9.30.